The molecule has 1 saturated carbocycles. The molecule has 0 aromatic carbocycles. The molecule has 1 aliphatic carbocycles. The van der Waals surface area contributed by atoms with E-state index >= 15 is 0 Å². The SMILES string of the molecule is CCCN(C=O)C1=C(C(=O)N(C)C2CCC2)NC(CCc2ccc(N(C)C(=O)C3=CN(C)C(Cl)C=N3)nc2)N1. The monoisotopic (exact) mass is 556 g/mol. The Hall–Kier alpha value is -3.60. The number of carbonyl (C=O) groups is 3. The summed E-state index contributed by atoms with van der Waals surface area (Å²) in [7, 11) is 5.26. The van der Waals surface area contributed by atoms with E-state index < -0.39 is 0 Å². The summed E-state index contributed by atoms with van der Waals surface area (Å²) in [4.78, 5) is 53.1. The number of halogens is 1. The zero-order valence-corrected chi connectivity index (χ0v) is 23.7. The van der Waals surface area contributed by atoms with Crippen LogP contribution in [0.1, 0.15) is 44.6 Å². The number of aliphatic imine (C=N–C) groups is 1. The summed E-state index contributed by atoms with van der Waals surface area (Å²) in [6.07, 6.45) is 10.7. The first-order chi connectivity index (χ1) is 18.7. The molecular formula is C27H37ClN8O3. The number of nitrogens with zero attached hydrogens (tertiary/aromatic N) is 6. The van der Waals surface area contributed by atoms with Gasteiger partial charge in [-0.1, -0.05) is 24.6 Å². The van der Waals surface area contributed by atoms with Crippen molar-refractivity contribution in [2.45, 2.75) is 63.2 Å². The average molecular weight is 557 g/mol. The van der Waals surface area contributed by atoms with Crippen molar-refractivity contribution in [3.63, 3.8) is 0 Å². The molecule has 0 radical (unpaired) electrons. The van der Waals surface area contributed by atoms with Crippen molar-refractivity contribution in [3.05, 3.63) is 47.3 Å². The Morgan fingerprint density at radius 3 is 2.56 bits per heavy atom. The summed E-state index contributed by atoms with van der Waals surface area (Å²) < 4.78 is 0. The van der Waals surface area contributed by atoms with Gasteiger partial charge in [-0.15, -0.1) is 0 Å². The Morgan fingerprint density at radius 2 is 1.97 bits per heavy atom. The number of amides is 3. The number of hydrogen-bond acceptors (Lipinski definition) is 8. The van der Waals surface area contributed by atoms with Crippen molar-refractivity contribution >= 4 is 41.9 Å². The van der Waals surface area contributed by atoms with Crippen molar-refractivity contribution in [1.82, 2.24) is 30.3 Å². The minimum absolute atomic E-state index is 0.100. The van der Waals surface area contributed by atoms with Gasteiger partial charge in [0, 0.05) is 52.3 Å². The van der Waals surface area contributed by atoms with E-state index in [-0.39, 0.29) is 35.2 Å². The molecule has 4 rings (SSSR count). The number of anilines is 1. The Labute approximate surface area is 234 Å². The van der Waals surface area contributed by atoms with Crippen LogP contribution in [0.4, 0.5) is 5.82 Å². The van der Waals surface area contributed by atoms with E-state index in [9.17, 15) is 14.4 Å². The number of rotatable bonds is 11. The highest BCUT2D eigenvalue weighted by atomic mass is 35.5. The molecule has 0 bridgehead atoms. The van der Waals surface area contributed by atoms with Crippen molar-refractivity contribution in [2.75, 3.05) is 32.6 Å². The maximum atomic E-state index is 13.3. The van der Waals surface area contributed by atoms with Crippen LogP contribution in [-0.4, -0.2) is 89.5 Å². The highest BCUT2D eigenvalue weighted by Gasteiger charge is 2.35. The first-order valence-electron chi connectivity index (χ1n) is 13.3. The van der Waals surface area contributed by atoms with E-state index in [1.165, 1.54) is 11.1 Å². The molecule has 12 heteroatoms. The molecule has 39 heavy (non-hydrogen) atoms. The van der Waals surface area contributed by atoms with Crippen LogP contribution in [0.25, 0.3) is 0 Å². The van der Waals surface area contributed by atoms with E-state index in [0.29, 0.717) is 36.7 Å². The number of aryl methyl sites for hydroxylation is 1. The number of nitrogens with one attached hydrogen (secondary N) is 2. The van der Waals surface area contributed by atoms with E-state index in [2.05, 4.69) is 20.6 Å². The molecule has 2 N–H and O–H groups in total. The van der Waals surface area contributed by atoms with Gasteiger partial charge in [-0.25, -0.2) is 4.98 Å². The third-order valence-corrected chi connectivity index (χ3v) is 7.77. The minimum Gasteiger partial charge on any atom is -0.358 e. The molecule has 3 aliphatic rings. The summed E-state index contributed by atoms with van der Waals surface area (Å²) in [5.41, 5.74) is 1.32. The van der Waals surface area contributed by atoms with Crippen molar-refractivity contribution in [2.24, 2.45) is 4.99 Å². The average Bonchev–Trinajstić information content (AvgIpc) is 3.34. The molecule has 0 saturated heterocycles. The minimum atomic E-state index is -0.384. The second kappa shape index (κ2) is 12.5. The maximum Gasteiger partial charge on any atom is 0.279 e. The largest absolute Gasteiger partial charge is 0.358 e. The van der Waals surface area contributed by atoms with E-state index in [1.807, 2.05) is 20.0 Å². The van der Waals surface area contributed by atoms with E-state index in [0.717, 1.165) is 37.7 Å². The number of alkyl halides is 1. The Bertz CT molecular complexity index is 1160. The maximum absolute atomic E-state index is 13.3. The number of carbonyl (C=O) groups excluding carboxylic acids is 3. The van der Waals surface area contributed by atoms with Gasteiger partial charge in [0.05, 0.1) is 6.17 Å². The van der Waals surface area contributed by atoms with Gasteiger partial charge in [-0.2, -0.15) is 0 Å². The predicted octanol–water partition coefficient (Wildman–Crippen LogP) is 1.97. The van der Waals surface area contributed by atoms with Crippen LogP contribution in [0.5, 0.6) is 0 Å². The van der Waals surface area contributed by atoms with Gasteiger partial charge < -0.3 is 20.4 Å². The molecule has 3 heterocycles. The molecule has 3 amide bonds. The van der Waals surface area contributed by atoms with Crippen LogP contribution in [0, 0.1) is 0 Å². The highest BCUT2D eigenvalue weighted by molar-refractivity contribution is 6.28. The van der Waals surface area contributed by atoms with Crippen molar-refractivity contribution in [3.8, 4) is 0 Å². The fraction of sp³-hybridized carbons (Fsp3) is 0.519. The van der Waals surface area contributed by atoms with Gasteiger partial charge in [-0.3, -0.25) is 29.2 Å². The van der Waals surface area contributed by atoms with Crippen LogP contribution >= 0.6 is 11.6 Å². The lowest BCUT2D eigenvalue weighted by molar-refractivity contribution is -0.129. The number of pyridine rings is 1. The zero-order valence-electron chi connectivity index (χ0n) is 22.9. The fourth-order valence-electron chi connectivity index (χ4n) is 4.63. The molecule has 2 atom stereocenters. The van der Waals surface area contributed by atoms with Gasteiger partial charge in [0.2, 0.25) is 6.41 Å². The first kappa shape index (κ1) is 28.4. The van der Waals surface area contributed by atoms with Crippen LogP contribution < -0.4 is 15.5 Å². The van der Waals surface area contributed by atoms with Crippen molar-refractivity contribution in [1.29, 1.82) is 0 Å². The lowest BCUT2D eigenvalue weighted by Crippen LogP contribution is -2.44. The number of aromatic nitrogens is 1. The number of hydrogen-bond donors (Lipinski definition) is 2. The summed E-state index contributed by atoms with van der Waals surface area (Å²) in [5.74, 6) is 0.657. The van der Waals surface area contributed by atoms with E-state index in [4.69, 9.17) is 11.6 Å². The summed E-state index contributed by atoms with van der Waals surface area (Å²) in [6.45, 7) is 2.51. The third-order valence-electron chi connectivity index (χ3n) is 7.35. The molecule has 1 fully saturated rings. The van der Waals surface area contributed by atoms with Crippen molar-refractivity contribution < 1.29 is 14.4 Å². The molecule has 1 aromatic rings. The molecular weight excluding hydrogens is 520 g/mol. The molecule has 1 aromatic heterocycles. The standard InChI is InChI=1S/C27H37ClN8O3/c1-5-13-36(17-37)25-24(27(39)34(3)19-7-6-8-19)31-22(32-25)11-9-18-10-12-23(30-14-18)35(4)26(38)20-16-33(2)21(28)15-29-20/h10,12,14-17,19,21-22,31-32H,5-9,11,13H2,1-4H3. The Kier molecular flexibility index (Phi) is 9.11. The first-order valence-corrected chi connectivity index (χ1v) is 13.8. The van der Waals surface area contributed by atoms with E-state index in [1.54, 1.807) is 47.3 Å². The normalized spacial score (nSPS) is 20.5. The Balaban J connectivity index is 1.37. The lowest BCUT2D eigenvalue weighted by atomic mass is 9.92. The summed E-state index contributed by atoms with van der Waals surface area (Å²) in [6, 6.07) is 3.97. The smallest absolute Gasteiger partial charge is 0.279 e. The molecule has 210 valence electrons. The molecule has 2 aliphatic heterocycles. The third kappa shape index (κ3) is 6.35. The van der Waals surface area contributed by atoms with Gasteiger partial charge in [0.15, 0.2) is 0 Å². The molecule has 11 nitrogen and oxygen atoms in total. The molecule has 0 spiro atoms. The van der Waals surface area contributed by atoms with Crippen LogP contribution in [0.15, 0.2) is 46.7 Å². The summed E-state index contributed by atoms with van der Waals surface area (Å²) in [5, 5.41) is 6.68. The second-order valence-electron chi connectivity index (χ2n) is 10.1. The topological polar surface area (TPSA) is 113 Å². The quantitative estimate of drug-likeness (QED) is 0.243. The predicted molar refractivity (Wildman–Crippen MR) is 151 cm³/mol. The number of likely N-dealkylation sites (N-methyl/N-ethyl adjacent to an activating group) is 2. The van der Waals surface area contributed by atoms with Crippen LogP contribution in [0.2, 0.25) is 0 Å². The van der Waals surface area contributed by atoms with Gasteiger partial charge in [0.1, 0.15) is 28.5 Å². The van der Waals surface area contributed by atoms with Gasteiger partial charge >= 0.3 is 0 Å². The zero-order chi connectivity index (χ0) is 28.1. The fourth-order valence-corrected chi connectivity index (χ4v) is 4.74. The summed E-state index contributed by atoms with van der Waals surface area (Å²) >= 11 is 6.08. The van der Waals surface area contributed by atoms with Crippen LogP contribution in [-0.2, 0) is 20.8 Å². The highest BCUT2D eigenvalue weighted by Crippen LogP contribution is 2.26. The lowest BCUT2D eigenvalue weighted by Gasteiger charge is -2.35. The van der Waals surface area contributed by atoms with Gasteiger partial charge in [0.25, 0.3) is 11.8 Å². The second-order valence-corrected chi connectivity index (χ2v) is 10.6. The van der Waals surface area contributed by atoms with Crippen LogP contribution in [0.3, 0.4) is 0 Å². The molecule has 2 unspecified atom stereocenters. The van der Waals surface area contributed by atoms with Gasteiger partial charge in [-0.05, 0) is 50.2 Å². The Morgan fingerprint density at radius 1 is 1.21 bits per heavy atom.